The first kappa shape index (κ1) is 26.9. The number of aromatic nitrogens is 3. The summed E-state index contributed by atoms with van der Waals surface area (Å²) >= 11 is 0. The predicted octanol–water partition coefficient (Wildman–Crippen LogP) is 4.13. The number of alkyl halides is 3. The van der Waals surface area contributed by atoms with Crippen LogP contribution < -0.4 is 10.6 Å². The van der Waals surface area contributed by atoms with E-state index in [0.29, 0.717) is 42.9 Å². The van der Waals surface area contributed by atoms with E-state index in [1.165, 1.54) is 28.9 Å². The van der Waals surface area contributed by atoms with E-state index in [4.69, 9.17) is 20.8 Å². The summed E-state index contributed by atoms with van der Waals surface area (Å²) < 4.78 is 50.5. The van der Waals surface area contributed by atoms with E-state index in [1.54, 1.807) is 30.0 Å². The Bertz CT molecular complexity index is 1540. The highest BCUT2D eigenvalue weighted by Crippen LogP contribution is 2.65. The van der Waals surface area contributed by atoms with Gasteiger partial charge in [0.25, 0.3) is 0 Å². The second kappa shape index (κ2) is 10.5. The molecule has 206 valence electrons. The van der Waals surface area contributed by atoms with Crippen LogP contribution in [-0.2, 0) is 0 Å². The SMILES string of the molecule is CC(=NC1CCN(C#N)CC1)/C(=N\N)c1cc(OC(c2ccccn2)C2(C(F)(F)F)CC2)n2c(C#N)cnc2c1. The molecule has 40 heavy (non-hydrogen) atoms. The molecule has 0 bridgehead atoms. The molecule has 1 saturated heterocycles. The first-order chi connectivity index (χ1) is 19.2. The minimum Gasteiger partial charge on any atom is -0.468 e. The molecular formula is C27H26F3N9O. The van der Waals surface area contributed by atoms with Crippen molar-refractivity contribution in [1.82, 2.24) is 19.3 Å². The lowest BCUT2D eigenvalue weighted by Crippen LogP contribution is -2.35. The molecule has 5 rings (SSSR count). The molecule has 3 aromatic rings. The van der Waals surface area contributed by atoms with E-state index < -0.39 is 17.7 Å². The lowest BCUT2D eigenvalue weighted by molar-refractivity contribution is -0.212. The summed E-state index contributed by atoms with van der Waals surface area (Å²) in [5.74, 6) is 5.76. The van der Waals surface area contributed by atoms with E-state index >= 15 is 0 Å². The number of hydrogen-bond acceptors (Lipinski definition) is 9. The third-order valence-corrected chi connectivity index (χ3v) is 7.47. The fourth-order valence-electron chi connectivity index (χ4n) is 5.12. The number of likely N-dealkylation sites (tertiary alicyclic amines) is 1. The minimum atomic E-state index is -4.53. The number of imidazole rings is 1. The maximum atomic E-state index is 14.3. The van der Waals surface area contributed by atoms with Gasteiger partial charge in [-0.15, -0.1) is 0 Å². The Labute approximate surface area is 228 Å². The van der Waals surface area contributed by atoms with Gasteiger partial charge in [0.1, 0.15) is 28.5 Å². The molecule has 0 radical (unpaired) electrons. The number of nitriles is 2. The van der Waals surface area contributed by atoms with Crippen LogP contribution in [0.3, 0.4) is 0 Å². The highest BCUT2D eigenvalue weighted by molar-refractivity contribution is 6.47. The molecule has 2 aliphatic rings. The smallest absolute Gasteiger partial charge is 0.398 e. The molecule has 1 aliphatic heterocycles. The first-order valence-electron chi connectivity index (χ1n) is 12.7. The summed E-state index contributed by atoms with van der Waals surface area (Å²) in [5, 5.41) is 22.7. The fraction of sp³-hybridized carbons (Fsp3) is 0.407. The molecule has 3 aromatic heterocycles. The number of hydrogen-bond donors (Lipinski definition) is 1. The zero-order valence-corrected chi connectivity index (χ0v) is 21.6. The Morgan fingerprint density at radius 1 is 1.20 bits per heavy atom. The maximum absolute atomic E-state index is 14.3. The van der Waals surface area contributed by atoms with E-state index in [1.807, 2.05) is 6.07 Å². The van der Waals surface area contributed by atoms with Crippen molar-refractivity contribution in [1.29, 1.82) is 10.5 Å². The molecule has 2 N–H and O–H groups in total. The molecule has 1 atom stereocenters. The van der Waals surface area contributed by atoms with Gasteiger partial charge < -0.3 is 15.5 Å². The van der Waals surface area contributed by atoms with Gasteiger partial charge in [-0.1, -0.05) is 6.07 Å². The lowest BCUT2D eigenvalue weighted by Gasteiger charge is -2.29. The Balaban J connectivity index is 1.57. The minimum absolute atomic E-state index is 0.0241. The quantitative estimate of drug-likeness (QED) is 0.202. The van der Waals surface area contributed by atoms with Crippen LogP contribution in [0.5, 0.6) is 5.88 Å². The zero-order chi connectivity index (χ0) is 28.5. The summed E-state index contributed by atoms with van der Waals surface area (Å²) in [5.41, 5.74) is -0.363. The van der Waals surface area contributed by atoms with Gasteiger partial charge in [-0.05, 0) is 50.8 Å². The van der Waals surface area contributed by atoms with Crippen LogP contribution in [0.15, 0.2) is 52.8 Å². The molecule has 2 fully saturated rings. The number of pyridine rings is 2. The summed E-state index contributed by atoms with van der Waals surface area (Å²) in [7, 11) is 0. The van der Waals surface area contributed by atoms with E-state index in [2.05, 4.69) is 21.3 Å². The van der Waals surface area contributed by atoms with Crippen molar-refractivity contribution in [3.63, 3.8) is 0 Å². The average Bonchev–Trinajstić information content (AvgIpc) is 3.67. The van der Waals surface area contributed by atoms with Crippen molar-refractivity contribution in [2.45, 2.75) is 50.9 Å². The molecule has 0 aromatic carbocycles. The fourth-order valence-corrected chi connectivity index (χ4v) is 5.12. The van der Waals surface area contributed by atoms with Gasteiger partial charge in [0.05, 0.1) is 23.6 Å². The van der Waals surface area contributed by atoms with E-state index in [9.17, 15) is 18.4 Å². The molecule has 1 aliphatic carbocycles. The molecule has 13 heteroatoms. The van der Waals surface area contributed by atoms with Crippen LogP contribution in [-0.4, -0.2) is 56.0 Å². The third-order valence-electron chi connectivity index (χ3n) is 7.47. The van der Waals surface area contributed by atoms with Crippen LogP contribution in [0, 0.1) is 28.2 Å². The number of hydrazone groups is 1. The monoisotopic (exact) mass is 549 g/mol. The van der Waals surface area contributed by atoms with Gasteiger partial charge in [0, 0.05) is 30.9 Å². The van der Waals surface area contributed by atoms with Crippen molar-refractivity contribution in [2.24, 2.45) is 21.4 Å². The number of halogens is 3. The number of fused-ring (bicyclic) bond motifs is 1. The first-order valence-corrected chi connectivity index (χ1v) is 12.7. The van der Waals surface area contributed by atoms with Crippen molar-refractivity contribution >= 4 is 17.1 Å². The molecule has 10 nitrogen and oxygen atoms in total. The molecule has 1 saturated carbocycles. The zero-order valence-electron chi connectivity index (χ0n) is 21.6. The number of aliphatic imine (C=N–C) groups is 1. The van der Waals surface area contributed by atoms with Crippen LogP contribution >= 0.6 is 0 Å². The maximum Gasteiger partial charge on any atom is 0.398 e. The second-order valence-electron chi connectivity index (χ2n) is 9.95. The number of nitrogens with zero attached hydrogens (tertiary/aromatic N) is 8. The molecule has 1 unspecified atom stereocenters. The predicted molar refractivity (Wildman–Crippen MR) is 139 cm³/mol. The van der Waals surface area contributed by atoms with E-state index in [-0.39, 0.29) is 41.8 Å². The van der Waals surface area contributed by atoms with Gasteiger partial charge in [0.2, 0.25) is 5.88 Å². The van der Waals surface area contributed by atoms with Crippen LogP contribution in [0.2, 0.25) is 0 Å². The largest absolute Gasteiger partial charge is 0.468 e. The number of piperidine rings is 1. The second-order valence-corrected chi connectivity index (χ2v) is 9.95. The summed E-state index contributed by atoms with van der Waals surface area (Å²) in [4.78, 5) is 14.9. The van der Waals surface area contributed by atoms with Gasteiger partial charge >= 0.3 is 6.18 Å². The molecule has 4 heterocycles. The summed E-state index contributed by atoms with van der Waals surface area (Å²) in [6, 6.07) is 9.83. The van der Waals surface area contributed by atoms with Crippen LogP contribution in [0.25, 0.3) is 5.65 Å². The molecule has 0 spiro atoms. The van der Waals surface area contributed by atoms with Crippen molar-refractivity contribution in [3.05, 3.63) is 59.7 Å². The van der Waals surface area contributed by atoms with Crippen molar-refractivity contribution in [3.8, 4) is 18.1 Å². The highest BCUT2D eigenvalue weighted by Gasteiger charge is 2.69. The van der Waals surface area contributed by atoms with Crippen molar-refractivity contribution < 1.29 is 17.9 Å². The van der Waals surface area contributed by atoms with Gasteiger partial charge in [-0.25, -0.2) is 4.98 Å². The Hall–Kier alpha value is -4.65. The molecular weight excluding hydrogens is 523 g/mol. The lowest BCUT2D eigenvalue weighted by atomic mass is 9.95. The number of rotatable bonds is 7. The Morgan fingerprint density at radius 3 is 2.52 bits per heavy atom. The summed E-state index contributed by atoms with van der Waals surface area (Å²) in [6.45, 7) is 2.94. The van der Waals surface area contributed by atoms with Crippen LogP contribution in [0.1, 0.15) is 55.7 Å². The topological polar surface area (TPSA) is 141 Å². The normalized spacial score (nSPS) is 18.7. The summed E-state index contributed by atoms with van der Waals surface area (Å²) in [6.07, 6.45) is 0.0419. The Kier molecular flexibility index (Phi) is 7.06. The van der Waals surface area contributed by atoms with Crippen molar-refractivity contribution in [2.75, 3.05) is 13.1 Å². The van der Waals surface area contributed by atoms with Gasteiger partial charge in [-0.2, -0.15) is 28.8 Å². The number of nitrogens with two attached hydrogens (primary N) is 1. The van der Waals surface area contributed by atoms with Gasteiger partial charge in [0.15, 0.2) is 12.3 Å². The molecule has 0 amide bonds. The van der Waals surface area contributed by atoms with Gasteiger partial charge in [-0.3, -0.25) is 14.4 Å². The standard InChI is InChI=1S/C27H26F3N9O/c1-17(36-19-5-10-38(16-32)11-6-19)24(37-33)18-12-22-35-15-20(14-31)39(22)23(13-18)40-25(21-4-2-3-9-34-21)26(7-8-26)27(28,29)30/h2-4,9,12-13,15,19,25H,5-8,10-11,33H2,1H3/b36-17?,37-24+. The number of ether oxygens (including phenoxy) is 1. The average molecular weight is 550 g/mol. The third kappa shape index (κ3) is 4.91. The Morgan fingerprint density at radius 2 is 1.95 bits per heavy atom. The van der Waals surface area contributed by atoms with Crippen LogP contribution in [0.4, 0.5) is 13.2 Å². The van der Waals surface area contributed by atoms with E-state index in [0.717, 1.165) is 0 Å². The highest BCUT2D eigenvalue weighted by atomic mass is 19.4.